The summed E-state index contributed by atoms with van der Waals surface area (Å²) in [5.41, 5.74) is 0.904. The maximum Gasteiger partial charge on any atom is 0.0246 e. The van der Waals surface area contributed by atoms with E-state index in [1.807, 2.05) is 7.05 Å². The highest BCUT2D eigenvalue weighted by Gasteiger charge is 2.40. The van der Waals surface area contributed by atoms with Crippen molar-refractivity contribution in [1.29, 1.82) is 0 Å². The van der Waals surface area contributed by atoms with E-state index >= 15 is 0 Å². The van der Waals surface area contributed by atoms with Crippen LogP contribution in [-0.2, 0) is 0 Å². The van der Waals surface area contributed by atoms with Crippen molar-refractivity contribution < 1.29 is 0 Å². The van der Waals surface area contributed by atoms with Gasteiger partial charge in [-0.2, -0.15) is 0 Å². The van der Waals surface area contributed by atoms with Crippen molar-refractivity contribution in [2.24, 2.45) is 5.41 Å². The van der Waals surface area contributed by atoms with Crippen LogP contribution in [0, 0.1) is 5.41 Å². The molecule has 0 bridgehead atoms. The molecule has 1 rings (SSSR count). The highest BCUT2D eigenvalue weighted by molar-refractivity contribution is 4.95. The SMILES string of the molecule is CCCC1(CNCC(C)(C)NC)CC1. The zero-order chi connectivity index (χ0) is 10.7. The van der Waals surface area contributed by atoms with Gasteiger partial charge in [0.1, 0.15) is 0 Å². The minimum Gasteiger partial charge on any atom is -0.314 e. The van der Waals surface area contributed by atoms with E-state index in [9.17, 15) is 0 Å². The number of likely N-dealkylation sites (N-methyl/N-ethyl adjacent to an activating group) is 1. The average Bonchev–Trinajstić information content (AvgIpc) is 2.86. The Hall–Kier alpha value is -0.0800. The zero-order valence-electron chi connectivity index (χ0n) is 10.2. The second-order valence-corrected chi connectivity index (χ2v) is 5.49. The lowest BCUT2D eigenvalue weighted by atomic mass is 10.00. The van der Waals surface area contributed by atoms with Gasteiger partial charge in [-0.1, -0.05) is 13.3 Å². The number of hydrogen-bond acceptors (Lipinski definition) is 2. The fraction of sp³-hybridized carbons (Fsp3) is 1.00. The molecule has 14 heavy (non-hydrogen) atoms. The first-order valence-electron chi connectivity index (χ1n) is 5.93. The molecule has 0 spiro atoms. The summed E-state index contributed by atoms with van der Waals surface area (Å²) < 4.78 is 0. The Labute approximate surface area is 88.8 Å². The lowest BCUT2D eigenvalue weighted by molar-refractivity contribution is 0.353. The van der Waals surface area contributed by atoms with E-state index in [-0.39, 0.29) is 5.54 Å². The first-order valence-corrected chi connectivity index (χ1v) is 5.93. The van der Waals surface area contributed by atoms with Gasteiger partial charge >= 0.3 is 0 Å². The van der Waals surface area contributed by atoms with E-state index in [2.05, 4.69) is 31.4 Å². The highest BCUT2D eigenvalue weighted by atomic mass is 15.0. The van der Waals surface area contributed by atoms with Crippen LogP contribution in [0.5, 0.6) is 0 Å². The summed E-state index contributed by atoms with van der Waals surface area (Å²) in [6.07, 6.45) is 5.61. The van der Waals surface area contributed by atoms with Crippen LogP contribution in [0.2, 0.25) is 0 Å². The fourth-order valence-electron chi connectivity index (χ4n) is 1.95. The molecule has 0 saturated heterocycles. The monoisotopic (exact) mass is 198 g/mol. The molecule has 84 valence electrons. The van der Waals surface area contributed by atoms with Crippen molar-refractivity contribution in [3.8, 4) is 0 Å². The smallest absolute Gasteiger partial charge is 0.0246 e. The van der Waals surface area contributed by atoms with Crippen LogP contribution in [0.15, 0.2) is 0 Å². The topological polar surface area (TPSA) is 24.1 Å². The largest absolute Gasteiger partial charge is 0.314 e. The molecule has 0 aromatic heterocycles. The molecule has 0 amide bonds. The quantitative estimate of drug-likeness (QED) is 0.655. The Morgan fingerprint density at radius 2 is 1.93 bits per heavy atom. The summed E-state index contributed by atoms with van der Waals surface area (Å²) in [6, 6.07) is 0. The van der Waals surface area contributed by atoms with E-state index in [4.69, 9.17) is 0 Å². The first kappa shape index (κ1) is 12.0. The minimum atomic E-state index is 0.224. The van der Waals surface area contributed by atoms with Crippen LogP contribution >= 0.6 is 0 Å². The van der Waals surface area contributed by atoms with Crippen LogP contribution in [0.25, 0.3) is 0 Å². The minimum absolute atomic E-state index is 0.224. The van der Waals surface area contributed by atoms with Gasteiger partial charge in [-0.3, -0.25) is 0 Å². The summed E-state index contributed by atoms with van der Waals surface area (Å²) >= 11 is 0. The molecule has 1 aliphatic rings. The predicted octanol–water partition coefficient (Wildman–Crippen LogP) is 2.15. The van der Waals surface area contributed by atoms with Gasteiger partial charge in [0.15, 0.2) is 0 Å². The predicted molar refractivity (Wildman–Crippen MR) is 62.6 cm³/mol. The molecular weight excluding hydrogens is 172 g/mol. The fourth-order valence-corrected chi connectivity index (χ4v) is 1.95. The summed E-state index contributed by atoms with van der Waals surface area (Å²) in [4.78, 5) is 0. The third-order valence-electron chi connectivity index (χ3n) is 3.48. The molecule has 0 radical (unpaired) electrons. The molecule has 2 heteroatoms. The molecule has 1 fully saturated rings. The van der Waals surface area contributed by atoms with Gasteiger partial charge in [0.25, 0.3) is 0 Å². The number of hydrogen-bond donors (Lipinski definition) is 2. The Morgan fingerprint density at radius 3 is 2.36 bits per heavy atom. The molecule has 0 aromatic rings. The zero-order valence-corrected chi connectivity index (χ0v) is 10.2. The maximum absolute atomic E-state index is 3.60. The average molecular weight is 198 g/mol. The van der Waals surface area contributed by atoms with Crippen molar-refractivity contribution in [2.45, 2.75) is 52.0 Å². The molecule has 0 atom stereocenters. The molecule has 1 saturated carbocycles. The third-order valence-corrected chi connectivity index (χ3v) is 3.48. The molecule has 0 unspecified atom stereocenters. The van der Waals surface area contributed by atoms with E-state index < -0.39 is 0 Å². The van der Waals surface area contributed by atoms with Crippen LogP contribution in [-0.4, -0.2) is 25.7 Å². The van der Waals surface area contributed by atoms with Crippen LogP contribution in [0.3, 0.4) is 0 Å². The van der Waals surface area contributed by atoms with E-state index in [1.54, 1.807) is 0 Å². The highest BCUT2D eigenvalue weighted by Crippen LogP contribution is 2.48. The van der Waals surface area contributed by atoms with Gasteiger partial charge in [0, 0.05) is 18.6 Å². The van der Waals surface area contributed by atoms with E-state index in [1.165, 1.54) is 32.2 Å². The molecule has 0 heterocycles. The summed E-state index contributed by atoms with van der Waals surface area (Å²) in [5, 5.41) is 6.92. The van der Waals surface area contributed by atoms with Crippen LogP contribution < -0.4 is 10.6 Å². The Morgan fingerprint density at radius 1 is 1.29 bits per heavy atom. The molecule has 0 aromatic carbocycles. The molecule has 2 N–H and O–H groups in total. The van der Waals surface area contributed by atoms with Crippen molar-refractivity contribution >= 4 is 0 Å². The molecule has 2 nitrogen and oxygen atoms in total. The third kappa shape index (κ3) is 3.58. The van der Waals surface area contributed by atoms with Gasteiger partial charge in [-0.25, -0.2) is 0 Å². The standard InChI is InChI=1S/C12H26N2/c1-5-6-12(7-8-12)10-14-9-11(2,3)13-4/h13-14H,5-10H2,1-4H3. The molecular formula is C12H26N2. The molecule has 0 aliphatic heterocycles. The second kappa shape index (κ2) is 4.63. The Balaban J connectivity index is 2.15. The Kier molecular flexibility index (Phi) is 3.96. The normalized spacial score (nSPS) is 19.7. The summed E-state index contributed by atoms with van der Waals surface area (Å²) in [7, 11) is 2.03. The second-order valence-electron chi connectivity index (χ2n) is 5.49. The van der Waals surface area contributed by atoms with Gasteiger partial charge in [-0.15, -0.1) is 0 Å². The lowest BCUT2D eigenvalue weighted by Gasteiger charge is -2.26. The Bertz CT molecular complexity index is 171. The van der Waals surface area contributed by atoms with Crippen molar-refractivity contribution in [2.75, 3.05) is 20.1 Å². The summed E-state index contributed by atoms with van der Waals surface area (Å²) in [6.45, 7) is 9.04. The van der Waals surface area contributed by atoms with Crippen molar-refractivity contribution in [3.63, 3.8) is 0 Å². The lowest BCUT2D eigenvalue weighted by Crippen LogP contribution is -2.46. The van der Waals surface area contributed by atoms with Crippen molar-refractivity contribution in [3.05, 3.63) is 0 Å². The van der Waals surface area contributed by atoms with Gasteiger partial charge in [0.2, 0.25) is 0 Å². The van der Waals surface area contributed by atoms with E-state index in [0.29, 0.717) is 5.41 Å². The summed E-state index contributed by atoms with van der Waals surface area (Å²) in [5.74, 6) is 0. The number of rotatable bonds is 7. The van der Waals surface area contributed by atoms with Crippen LogP contribution in [0.1, 0.15) is 46.5 Å². The van der Waals surface area contributed by atoms with Gasteiger partial charge in [0.05, 0.1) is 0 Å². The van der Waals surface area contributed by atoms with Gasteiger partial charge < -0.3 is 10.6 Å². The van der Waals surface area contributed by atoms with Gasteiger partial charge in [-0.05, 0) is 45.6 Å². The van der Waals surface area contributed by atoms with E-state index in [0.717, 1.165) is 6.54 Å². The maximum atomic E-state index is 3.60. The molecule has 1 aliphatic carbocycles. The number of nitrogens with one attached hydrogen (secondary N) is 2. The van der Waals surface area contributed by atoms with Crippen LogP contribution in [0.4, 0.5) is 0 Å². The van der Waals surface area contributed by atoms with Crippen molar-refractivity contribution in [1.82, 2.24) is 10.6 Å². The first-order chi connectivity index (χ1) is 6.54.